The molecule has 0 heterocycles. The normalized spacial score (nSPS) is 13.7. The zero-order valence-electron chi connectivity index (χ0n) is 13.9. The molecule has 0 aliphatic heterocycles. The van der Waals surface area contributed by atoms with E-state index in [4.69, 9.17) is 19.0 Å². The second-order valence-corrected chi connectivity index (χ2v) is 7.62. The molecule has 8 heteroatoms. The Hall–Kier alpha value is -0.720. The Morgan fingerprint density at radius 3 is 2.27 bits per heavy atom. The van der Waals surface area contributed by atoms with Crippen molar-refractivity contribution in [3.8, 4) is 0 Å². The van der Waals surface area contributed by atoms with Gasteiger partial charge in [0.2, 0.25) is 0 Å². The molecule has 0 aromatic rings. The third-order valence-corrected chi connectivity index (χ3v) is 3.48. The Morgan fingerprint density at radius 1 is 1.23 bits per heavy atom. The maximum Gasteiger partial charge on any atom is 0.469 e. The molecule has 0 fully saturated rings. The van der Waals surface area contributed by atoms with Gasteiger partial charge in [-0.1, -0.05) is 6.58 Å². The number of hydrogen-bond acceptors (Lipinski definition) is 4. The average Bonchev–Trinajstić information content (AvgIpc) is 2.32. The van der Waals surface area contributed by atoms with Crippen LogP contribution in [0.4, 0.5) is 0 Å². The molecule has 0 saturated carbocycles. The van der Waals surface area contributed by atoms with Crippen LogP contribution >= 0.6 is 7.82 Å². The van der Waals surface area contributed by atoms with Crippen molar-refractivity contribution in [1.82, 2.24) is 0 Å². The number of phosphoric acid groups is 1. The van der Waals surface area contributed by atoms with E-state index in [1.54, 1.807) is 6.92 Å². The fraction of sp³-hybridized carbons (Fsp3) is 0.786. The first-order chi connectivity index (χ1) is 9.91. The van der Waals surface area contributed by atoms with Gasteiger partial charge in [0.1, 0.15) is 0 Å². The maximum absolute atomic E-state index is 11.2. The summed E-state index contributed by atoms with van der Waals surface area (Å²) < 4.78 is 21.5. The first-order valence-electron chi connectivity index (χ1n) is 7.28. The van der Waals surface area contributed by atoms with E-state index in [2.05, 4.69) is 6.58 Å². The minimum atomic E-state index is -4.49. The summed E-state index contributed by atoms with van der Waals surface area (Å²) in [5.41, 5.74) is 0.352. The Kier molecular flexibility index (Phi) is 9.12. The largest absolute Gasteiger partial charge is 0.469 e. The highest BCUT2D eigenvalue weighted by atomic mass is 31.2. The van der Waals surface area contributed by atoms with Crippen LogP contribution in [0.25, 0.3) is 0 Å². The molecule has 1 atom stereocenters. The predicted molar refractivity (Wildman–Crippen MR) is 84.1 cm³/mol. The highest BCUT2D eigenvalue weighted by Crippen LogP contribution is 2.39. The standard InChI is InChI=1S/C14H28NO6P/c1-12(2)14(16)20-11-7-6-8-13(21-22(17,18)19)9-10-15(3,4)5/h13H,1,6-11H2,2-5H3,(H-,17,18,19)/p+1. The fourth-order valence-corrected chi connectivity index (χ4v) is 2.34. The molecule has 0 rings (SSSR count). The van der Waals surface area contributed by atoms with Crippen molar-refractivity contribution < 1.29 is 32.9 Å². The monoisotopic (exact) mass is 338 g/mol. The summed E-state index contributed by atoms with van der Waals surface area (Å²) >= 11 is 0. The van der Waals surface area contributed by atoms with Crippen LogP contribution in [-0.2, 0) is 18.6 Å². The summed E-state index contributed by atoms with van der Waals surface area (Å²) in [4.78, 5) is 29.1. The molecule has 0 saturated heterocycles. The van der Waals surface area contributed by atoms with E-state index in [0.717, 1.165) is 6.54 Å². The van der Waals surface area contributed by atoms with Crippen LogP contribution in [0, 0.1) is 0 Å². The quantitative estimate of drug-likeness (QED) is 0.196. The van der Waals surface area contributed by atoms with E-state index in [1.807, 2.05) is 21.1 Å². The van der Waals surface area contributed by atoms with E-state index < -0.39 is 19.9 Å². The molecule has 0 bridgehead atoms. The lowest BCUT2D eigenvalue weighted by atomic mass is 10.1. The molecule has 0 spiro atoms. The molecule has 0 aromatic carbocycles. The van der Waals surface area contributed by atoms with Gasteiger partial charge in [-0.15, -0.1) is 0 Å². The van der Waals surface area contributed by atoms with Crippen LogP contribution in [0.2, 0.25) is 0 Å². The average molecular weight is 338 g/mol. The molecule has 1 unspecified atom stereocenters. The number of carbonyl (C=O) groups is 1. The van der Waals surface area contributed by atoms with Gasteiger partial charge in [0.25, 0.3) is 0 Å². The summed E-state index contributed by atoms with van der Waals surface area (Å²) in [6, 6.07) is 0. The zero-order valence-corrected chi connectivity index (χ0v) is 14.8. The van der Waals surface area contributed by atoms with Crippen LogP contribution in [0.5, 0.6) is 0 Å². The Bertz CT molecular complexity index is 412. The minimum absolute atomic E-state index is 0.268. The lowest BCUT2D eigenvalue weighted by Crippen LogP contribution is -2.37. The number of esters is 1. The molecule has 0 aliphatic rings. The van der Waals surface area contributed by atoms with E-state index in [1.165, 1.54) is 0 Å². The predicted octanol–water partition coefficient (Wildman–Crippen LogP) is 1.85. The Balaban J connectivity index is 4.15. The first kappa shape index (κ1) is 21.3. The first-order valence-corrected chi connectivity index (χ1v) is 8.81. The third-order valence-electron chi connectivity index (χ3n) is 2.91. The molecule has 0 aliphatic carbocycles. The molecule has 0 amide bonds. The molecule has 22 heavy (non-hydrogen) atoms. The van der Waals surface area contributed by atoms with Gasteiger partial charge in [0.05, 0.1) is 40.4 Å². The molecule has 2 N–H and O–H groups in total. The molecule has 0 aromatic heterocycles. The third kappa shape index (κ3) is 13.0. The number of phosphoric ester groups is 1. The summed E-state index contributed by atoms with van der Waals surface area (Å²) in [6.07, 6.45) is 1.83. The second kappa shape index (κ2) is 9.43. The van der Waals surface area contributed by atoms with Crippen LogP contribution < -0.4 is 0 Å². The summed E-state index contributed by atoms with van der Waals surface area (Å²) in [6.45, 7) is 6.08. The van der Waals surface area contributed by atoms with Crippen LogP contribution in [0.3, 0.4) is 0 Å². The molecular weight excluding hydrogens is 309 g/mol. The molecule has 0 radical (unpaired) electrons. The number of hydrogen-bond donors (Lipinski definition) is 2. The van der Waals surface area contributed by atoms with Gasteiger partial charge in [-0.25, -0.2) is 9.36 Å². The van der Waals surface area contributed by atoms with E-state index in [0.29, 0.717) is 35.7 Å². The molecule has 130 valence electrons. The van der Waals surface area contributed by atoms with Gasteiger partial charge in [0, 0.05) is 12.0 Å². The number of nitrogens with zero attached hydrogens (tertiary/aromatic N) is 1. The van der Waals surface area contributed by atoms with Gasteiger partial charge >= 0.3 is 13.8 Å². The Morgan fingerprint density at radius 2 is 1.82 bits per heavy atom. The van der Waals surface area contributed by atoms with Crippen molar-refractivity contribution >= 4 is 13.8 Å². The number of ether oxygens (including phenoxy) is 1. The molecular formula is C14H29NO6P+. The summed E-state index contributed by atoms with van der Waals surface area (Å²) in [5.74, 6) is -0.423. The van der Waals surface area contributed by atoms with Crippen LogP contribution in [0.15, 0.2) is 12.2 Å². The maximum atomic E-state index is 11.2. The highest BCUT2D eigenvalue weighted by molar-refractivity contribution is 7.46. The van der Waals surface area contributed by atoms with E-state index >= 15 is 0 Å². The van der Waals surface area contributed by atoms with Gasteiger partial charge in [-0.3, -0.25) is 4.52 Å². The summed E-state index contributed by atoms with van der Waals surface area (Å²) in [7, 11) is 1.52. The van der Waals surface area contributed by atoms with E-state index in [9.17, 15) is 9.36 Å². The van der Waals surface area contributed by atoms with Gasteiger partial charge < -0.3 is 19.0 Å². The van der Waals surface area contributed by atoms with Crippen molar-refractivity contribution in [2.24, 2.45) is 0 Å². The van der Waals surface area contributed by atoms with Crippen LogP contribution in [0.1, 0.15) is 32.6 Å². The SMILES string of the molecule is C=C(C)C(=O)OCCCCC(CC[N+](C)(C)C)OP(=O)(O)O. The van der Waals surface area contributed by atoms with Crippen molar-refractivity contribution in [1.29, 1.82) is 0 Å². The van der Waals surface area contributed by atoms with Crippen molar-refractivity contribution in [3.63, 3.8) is 0 Å². The van der Waals surface area contributed by atoms with Crippen molar-refractivity contribution in [3.05, 3.63) is 12.2 Å². The van der Waals surface area contributed by atoms with Gasteiger partial charge in [-0.2, -0.15) is 0 Å². The topological polar surface area (TPSA) is 93.1 Å². The van der Waals surface area contributed by atoms with Gasteiger partial charge in [0.15, 0.2) is 0 Å². The van der Waals surface area contributed by atoms with Crippen molar-refractivity contribution in [2.75, 3.05) is 34.3 Å². The zero-order chi connectivity index (χ0) is 17.4. The lowest BCUT2D eigenvalue weighted by Gasteiger charge is -2.26. The highest BCUT2D eigenvalue weighted by Gasteiger charge is 2.23. The number of carbonyl (C=O) groups excluding carboxylic acids is 1. The number of quaternary nitrogens is 1. The smallest absolute Gasteiger partial charge is 0.462 e. The second-order valence-electron chi connectivity index (χ2n) is 6.43. The number of unbranched alkanes of at least 4 members (excludes halogenated alkanes) is 1. The molecule has 7 nitrogen and oxygen atoms in total. The Labute approximate surface area is 132 Å². The lowest BCUT2D eigenvalue weighted by molar-refractivity contribution is -0.870. The summed E-state index contributed by atoms with van der Waals surface area (Å²) in [5, 5.41) is 0. The van der Waals surface area contributed by atoms with Crippen molar-refractivity contribution in [2.45, 2.75) is 38.7 Å². The van der Waals surface area contributed by atoms with Crippen LogP contribution in [-0.4, -0.2) is 60.6 Å². The van der Waals surface area contributed by atoms with E-state index in [-0.39, 0.29) is 6.61 Å². The number of rotatable bonds is 11. The minimum Gasteiger partial charge on any atom is -0.462 e. The van der Waals surface area contributed by atoms with Gasteiger partial charge in [-0.05, 0) is 26.2 Å². The fourth-order valence-electron chi connectivity index (χ4n) is 1.74.